The Balaban J connectivity index is 1.50. The van der Waals surface area contributed by atoms with Crippen molar-refractivity contribution >= 4 is 0 Å². The molecule has 0 saturated heterocycles. The zero-order valence-electron chi connectivity index (χ0n) is 18.1. The molecule has 1 aliphatic rings. The predicted octanol–water partition coefficient (Wildman–Crippen LogP) is 8.57. The highest BCUT2D eigenvalue weighted by Gasteiger charge is 2.19. The van der Waals surface area contributed by atoms with Crippen LogP contribution in [0.25, 0.3) is 22.3 Å². The number of hydrogen-bond acceptors (Lipinski definition) is 0. The van der Waals surface area contributed by atoms with Crippen LogP contribution in [0.2, 0.25) is 0 Å². The lowest BCUT2D eigenvalue weighted by Crippen LogP contribution is -2.10. The van der Waals surface area contributed by atoms with E-state index in [2.05, 4.69) is 55.5 Å². The zero-order chi connectivity index (χ0) is 20.9. The van der Waals surface area contributed by atoms with Gasteiger partial charge in [0.25, 0.3) is 0 Å². The van der Waals surface area contributed by atoms with Gasteiger partial charge < -0.3 is 0 Å². The van der Waals surface area contributed by atoms with Crippen molar-refractivity contribution in [1.29, 1.82) is 0 Å². The highest BCUT2D eigenvalue weighted by atomic mass is 19.1. The number of benzene rings is 3. The molecule has 1 aliphatic carbocycles. The van der Waals surface area contributed by atoms with Crippen molar-refractivity contribution in [2.75, 3.05) is 0 Å². The summed E-state index contributed by atoms with van der Waals surface area (Å²) in [6.45, 7) is 4.38. The number of rotatable bonds is 5. The molecule has 0 unspecified atom stereocenters. The van der Waals surface area contributed by atoms with Crippen LogP contribution in [0.15, 0.2) is 78.9 Å². The molecule has 0 aliphatic heterocycles. The number of allylic oxidation sites excluding steroid dienone is 2. The Kier molecular flexibility index (Phi) is 6.47. The van der Waals surface area contributed by atoms with E-state index in [1.807, 2.05) is 31.2 Å². The first-order chi connectivity index (χ1) is 14.6. The summed E-state index contributed by atoms with van der Waals surface area (Å²) in [5.74, 6) is 1.38. The van der Waals surface area contributed by atoms with Crippen molar-refractivity contribution in [3.63, 3.8) is 0 Å². The molecule has 0 nitrogen and oxygen atoms in total. The van der Waals surface area contributed by atoms with Crippen LogP contribution in [0.4, 0.5) is 4.39 Å². The molecule has 1 fully saturated rings. The second-order valence-electron chi connectivity index (χ2n) is 8.74. The molecule has 1 saturated carbocycles. The summed E-state index contributed by atoms with van der Waals surface area (Å²) >= 11 is 0. The fourth-order valence-corrected chi connectivity index (χ4v) is 4.54. The lowest BCUT2D eigenvalue weighted by atomic mass is 9.79. The van der Waals surface area contributed by atoms with Gasteiger partial charge in [0.15, 0.2) is 0 Å². The van der Waals surface area contributed by atoms with Crippen LogP contribution in [-0.4, -0.2) is 0 Å². The maximum absolute atomic E-state index is 14.9. The van der Waals surface area contributed by atoms with Crippen molar-refractivity contribution in [3.8, 4) is 22.3 Å². The molecule has 3 aromatic rings. The Morgan fingerprint density at radius 3 is 2.07 bits per heavy atom. The molecule has 0 spiro atoms. The summed E-state index contributed by atoms with van der Waals surface area (Å²) in [5, 5.41) is 0. The highest BCUT2D eigenvalue weighted by molar-refractivity contribution is 5.71. The minimum atomic E-state index is -0.168. The predicted molar refractivity (Wildman–Crippen MR) is 126 cm³/mol. The SMILES string of the molecule is CC=CCc1ccc(-c2ccc(-c3ccc(C4CCC(C)CC4)cc3)cc2F)cc1. The van der Waals surface area contributed by atoms with E-state index in [0.717, 1.165) is 29.0 Å². The normalized spacial score (nSPS) is 19.3. The summed E-state index contributed by atoms with van der Waals surface area (Å²) < 4.78 is 14.9. The van der Waals surface area contributed by atoms with Gasteiger partial charge in [-0.3, -0.25) is 0 Å². The minimum absolute atomic E-state index is 0.168. The summed E-state index contributed by atoms with van der Waals surface area (Å²) in [5.41, 5.74) is 6.26. The summed E-state index contributed by atoms with van der Waals surface area (Å²) in [6, 6.07) is 22.6. The molecule has 3 aromatic carbocycles. The third-order valence-corrected chi connectivity index (χ3v) is 6.55. The summed E-state index contributed by atoms with van der Waals surface area (Å²) in [4.78, 5) is 0. The van der Waals surface area contributed by atoms with Gasteiger partial charge in [0.1, 0.15) is 5.82 Å². The van der Waals surface area contributed by atoms with Crippen LogP contribution in [0.3, 0.4) is 0 Å². The molecule has 154 valence electrons. The third-order valence-electron chi connectivity index (χ3n) is 6.55. The Labute approximate surface area is 180 Å². The molecular weight excluding hydrogens is 367 g/mol. The highest BCUT2D eigenvalue weighted by Crippen LogP contribution is 2.36. The Hall–Kier alpha value is -2.67. The Bertz CT molecular complexity index is 988. The molecule has 0 bridgehead atoms. The fourth-order valence-electron chi connectivity index (χ4n) is 4.54. The average molecular weight is 399 g/mol. The van der Waals surface area contributed by atoms with E-state index in [4.69, 9.17) is 0 Å². The van der Waals surface area contributed by atoms with E-state index in [0.29, 0.717) is 11.5 Å². The van der Waals surface area contributed by atoms with Gasteiger partial charge in [-0.15, -0.1) is 0 Å². The van der Waals surface area contributed by atoms with Crippen LogP contribution in [0.1, 0.15) is 56.6 Å². The lowest BCUT2D eigenvalue weighted by Gasteiger charge is -2.26. The fraction of sp³-hybridized carbons (Fsp3) is 0.310. The molecule has 1 heteroatoms. The monoisotopic (exact) mass is 398 g/mol. The first kappa shape index (κ1) is 20.6. The molecule has 0 atom stereocenters. The van der Waals surface area contributed by atoms with Crippen LogP contribution >= 0.6 is 0 Å². The molecular formula is C29H31F. The van der Waals surface area contributed by atoms with Crippen molar-refractivity contribution in [3.05, 3.63) is 95.8 Å². The quantitative estimate of drug-likeness (QED) is 0.378. The number of hydrogen-bond donors (Lipinski definition) is 0. The molecule has 4 rings (SSSR count). The lowest BCUT2D eigenvalue weighted by molar-refractivity contribution is 0.348. The van der Waals surface area contributed by atoms with Gasteiger partial charge in [0.2, 0.25) is 0 Å². The standard InChI is InChI=1S/C29H31F/c1-3-4-5-22-8-12-26(13-9-22)28-19-18-27(20-29(28)30)25-16-14-24(15-17-25)23-10-6-21(2)7-11-23/h3-4,8-9,12-21,23H,5-7,10-11H2,1-2H3. The maximum atomic E-state index is 14.9. The first-order valence-electron chi connectivity index (χ1n) is 11.2. The van der Waals surface area contributed by atoms with E-state index in [1.165, 1.54) is 36.8 Å². The van der Waals surface area contributed by atoms with Gasteiger partial charge in [0, 0.05) is 5.56 Å². The second-order valence-corrected chi connectivity index (χ2v) is 8.74. The van der Waals surface area contributed by atoms with Crippen LogP contribution in [0, 0.1) is 11.7 Å². The van der Waals surface area contributed by atoms with Gasteiger partial charge in [-0.2, -0.15) is 0 Å². The van der Waals surface area contributed by atoms with Gasteiger partial charge in [-0.05, 0) is 71.9 Å². The molecule has 0 N–H and O–H groups in total. The maximum Gasteiger partial charge on any atom is 0.131 e. The van der Waals surface area contributed by atoms with Gasteiger partial charge in [-0.1, -0.05) is 92.6 Å². The van der Waals surface area contributed by atoms with E-state index in [-0.39, 0.29) is 5.82 Å². The van der Waals surface area contributed by atoms with Gasteiger partial charge >= 0.3 is 0 Å². The minimum Gasteiger partial charge on any atom is -0.206 e. The van der Waals surface area contributed by atoms with Crippen LogP contribution < -0.4 is 0 Å². The van der Waals surface area contributed by atoms with E-state index < -0.39 is 0 Å². The van der Waals surface area contributed by atoms with Crippen molar-refractivity contribution in [1.82, 2.24) is 0 Å². The van der Waals surface area contributed by atoms with Crippen LogP contribution in [0.5, 0.6) is 0 Å². The molecule has 0 radical (unpaired) electrons. The van der Waals surface area contributed by atoms with Crippen molar-refractivity contribution < 1.29 is 4.39 Å². The smallest absolute Gasteiger partial charge is 0.131 e. The topological polar surface area (TPSA) is 0 Å². The molecule has 30 heavy (non-hydrogen) atoms. The van der Waals surface area contributed by atoms with Crippen LogP contribution in [-0.2, 0) is 6.42 Å². The number of halogens is 1. The third kappa shape index (κ3) is 4.73. The average Bonchev–Trinajstić information content (AvgIpc) is 2.79. The van der Waals surface area contributed by atoms with Crippen molar-refractivity contribution in [2.45, 2.75) is 51.9 Å². The zero-order valence-corrected chi connectivity index (χ0v) is 18.1. The van der Waals surface area contributed by atoms with Crippen molar-refractivity contribution in [2.24, 2.45) is 5.92 Å². The molecule has 0 heterocycles. The van der Waals surface area contributed by atoms with E-state index in [1.54, 1.807) is 6.07 Å². The second kappa shape index (κ2) is 9.43. The van der Waals surface area contributed by atoms with Gasteiger partial charge in [-0.25, -0.2) is 4.39 Å². The summed E-state index contributed by atoms with van der Waals surface area (Å²) in [6.07, 6.45) is 10.3. The molecule has 0 amide bonds. The first-order valence-corrected chi connectivity index (χ1v) is 11.2. The summed E-state index contributed by atoms with van der Waals surface area (Å²) in [7, 11) is 0. The largest absolute Gasteiger partial charge is 0.206 e. The Morgan fingerprint density at radius 2 is 1.43 bits per heavy atom. The van der Waals surface area contributed by atoms with Gasteiger partial charge in [0.05, 0.1) is 0 Å². The Morgan fingerprint density at radius 1 is 0.800 bits per heavy atom. The molecule has 0 aromatic heterocycles. The van der Waals surface area contributed by atoms with E-state index >= 15 is 0 Å². The van der Waals surface area contributed by atoms with E-state index in [9.17, 15) is 4.39 Å².